The average molecular weight is 312 g/mol. The van der Waals surface area contributed by atoms with Crippen molar-refractivity contribution in [2.24, 2.45) is 5.73 Å². The number of carbonyl (C=O) groups is 1. The van der Waals surface area contributed by atoms with Crippen molar-refractivity contribution in [3.05, 3.63) is 47.5 Å². The molecule has 0 heterocycles. The van der Waals surface area contributed by atoms with Crippen LogP contribution in [0.25, 0.3) is 10.8 Å². The van der Waals surface area contributed by atoms with Gasteiger partial charge in [0.25, 0.3) is 0 Å². The Bertz CT molecular complexity index is 651. The Morgan fingerprint density at radius 2 is 1.74 bits per heavy atom. The predicted octanol–water partition coefficient (Wildman–Crippen LogP) is 3.58. The molecular weight excluding hydrogens is 284 g/mol. The second-order valence-corrected chi connectivity index (χ2v) is 6.25. The molecule has 0 aliphatic carbocycles. The monoisotopic (exact) mass is 312 g/mol. The summed E-state index contributed by atoms with van der Waals surface area (Å²) in [6.07, 6.45) is 4.53. The number of nitrogens with one attached hydrogen (secondary N) is 1. The molecule has 1 amide bonds. The van der Waals surface area contributed by atoms with E-state index in [0.29, 0.717) is 6.42 Å². The molecule has 2 aromatic carbocycles. The molecule has 2 aromatic rings. The second-order valence-electron chi connectivity index (χ2n) is 6.25. The first-order valence-electron chi connectivity index (χ1n) is 8.65. The van der Waals surface area contributed by atoms with E-state index in [9.17, 15) is 4.79 Å². The number of amides is 1. The van der Waals surface area contributed by atoms with Crippen molar-refractivity contribution in [2.45, 2.75) is 52.0 Å². The quantitative estimate of drug-likeness (QED) is 0.695. The lowest BCUT2D eigenvalue weighted by atomic mass is 9.98. The Labute approximate surface area is 139 Å². The summed E-state index contributed by atoms with van der Waals surface area (Å²) < 4.78 is 0. The number of carbonyl (C=O) groups excluding carboxylic acids is 1. The largest absolute Gasteiger partial charge is 0.370 e. The van der Waals surface area contributed by atoms with Crippen LogP contribution in [0.15, 0.2) is 36.4 Å². The standard InChI is InChI=1S/C20H28N2O/c1-3-5-10-22-19(14-20(21)23)13-16-7-9-17-11-15(4-2)6-8-18(17)12-16/h6-9,11-12,19,22H,3-5,10,13-14H2,1-2H3,(H2,21,23)/t19-/m0/s1. The zero-order valence-electron chi connectivity index (χ0n) is 14.3. The molecule has 3 N–H and O–H groups in total. The molecule has 0 radical (unpaired) electrons. The van der Waals surface area contributed by atoms with Crippen molar-refractivity contribution in [3.63, 3.8) is 0 Å². The SMILES string of the molecule is CCCCN[C@H](CC(N)=O)Cc1ccc2cc(CC)ccc2c1. The van der Waals surface area contributed by atoms with E-state index in [0.717, 1.165) is 32.2 Å². The van der Waals surface area contributed by atoms with Gasteiger partial charge in [-0.2, -0.15) is 0 Å². The summed E-state index contributed by atoms with van der Waals surface area (Å²) in [5.41, 5.74) is 8.00. The van der Waals surface area contributed by atoms with Crippen molar-refractivity contribution < 1.29 is 4.79 Å². The Morgan fingerprint density at radius 1 is 1.09 bits per heavy atom. The average Bonchev–Trinajstić information content (AvgIpc) is 2.54. The molecule has 0 spiro atoms. The molecule has 3 heteroatoms. The molecule has 0 aliphatic rings. The summed E-state index contributed by atoms with van der Waals surface area (Å²) in [5, 5.41) is 6.00. The lowest BCUT2D eigenvalue weighted by Crippen LogP contribution is -2.35. The first-order chi connectivity index (χ1) is 11.1. The topological polar surface area (TPSA) is 55.1 Å². The fourth-order valence-corrected chi connectivity index (χ4v) is 2.92. The van der Waals surface area contributed by atoms with Crippen LogP contribution in [0.3, 0.4) is 0 Å². The van der Waals surface area contributed by atoms with E-state index in [1.165, 1.54) is 21.9 Å². The van der Waals surface area contributed by atoms with Crippen molar-refractivity contribution in [1.29, 1.82) is 0 Å². The summed E-state index contributed by atoms with van der Waals surface area (Å²) in [4.78, 5) is 11.3. The molecule has 0 saturated heterocycles. The summed E-state index contributed by atoms with van der Waals surface area (Å²) in [5.74, 6) is -0.243. The molecule has 0 fully saturated rings. The third kappa shape index (κ3) is 5.36. The highest BCUT2D eigenvalue weighted by Crippen LogP contribution is 2.19. The molecule has 3 nitrogen and oxygen atoms in total. The third-order valence-corrected chi connectivity index (χ3v) is 4.27. The summed E-state index contributed by atoms with van der Waals surface area (Å²) in [6, 6.07) is 13.3. The van der Waals surface area contributed by atoms with E-state index < -0.39 is 0 Å². The molecule has 0 aromatic heterocycles. The number of nitrogens with two attached hydrogens (primary N) is 1. The van der Waals surface area contributed by atoms with Crippen LogP contribution in [0.5, 0.6) is 0 Å². The Hall–Kier alpha value is -1.87. The molecule has 23 heavy (non-hydrogen) atoms. The van der Waals surface area contributed by atoms with E-state index in [1.807, 2.05) is 0 Å². The van der Waals surface area contributed by atoms with Crippen molar-refractivity contribution >= 4 is 16.7 Å². The fourth-order valence-electron chi connectivity index (χ4n) is 2.92. The minimum Gasteiger partial charge on any atom is -0.370 e. The highest BCUT2D eigenvalue weighted by molar-refractivity contribution is 5.84. The van der Waals surface area contributed by atoms with Crippen LogP contribution in [-0.2, 0) is 17.6 Å². The second kappa shape index (κ2) is 8.68. The van der Waals surface area contributed by atoms with E-state index in [4.69, 9.17) is 5.73 Å². The molecule has 0 bridgehead atoms. The number of hydrogen-bond donors (Lipinski definition) is 2. The normalized spacial score (nSPS) is 12.4. The molecule has 0 saturated carbocycles. The zero-order valence-corrected chi connectivity index (χ0v) is 14.3. The molecule has 124 valence electrons. The number of unbranched alkanes of at least 4 members (excludes halogenated alkanes) is 1. The fraction of sp³-hybridized carbons (Fsp3) is 0.450. The highest BCUT2D eigenvalue weighted by atomic mass is 16.1. The number of rotatable bonds is 9. The summed E-state index contributed by atoms with van der Waals surface area (Å²) in [7, 11) is 0. The Balaban J connectivity index is 2.11. The van der Waals surface area contributed by atoms with Crippen molar-refractivity contribution in [1.82, 2.24) is 5.32 Å². The van der Waals surface area contributed by atoms with Gasteiger partial charge >= 0.3 is 0 Å². The van der Waals surface area contributed by atoms with Gasteiger partial charge in [0.15, 0.2) is 0 Å². The molecule has 2 rings (SSSR count). The van der Waals surface area contributed by atoms with E-state index in [-0.39, 0.29) is 11.9 Å². The van der Waals surface area contributed by atoms with Crippen LogP contribution in [0.1, 0.15) is 44.2 Å². The van der Waals surface area contributed by atoms with Crippen LogP contribution in [0.4, 0.5) is 0 Å². The lowest BCUT2D eigenvalue weighted by Gasteiger charge is -2.17. The van der Waals surface area contributed by atoms with E-state index >= 15 is 0 Å². The van der Waals surface area contributed by atoms with Gasteiger partial charge in [-0.3, -0.25) is 4.79 Å². The van der Waals surface area contributed by atoms with Crippen molar-refractivity contribution in [2.75, 3.05) is 6.54 Å². The van der Waals surface area contributed by atoms with E-state index in [2.05, 4.69) is 55.6 Å². The molecular formula is C20H28N2O. The molecule has 0 unspecified atom stereocenters. The number of hydrogen-bond acceptors (Lipinski definition) is 2. The predicted molar refractivity (Wildman–Crippen MR) is 97.5 cm³/mol. The van der Waals surface area contributed by atoms with Gasteiger partial charge < -0.3 is 11.1 Å². The van der Waals surface area contributed by atoms with Gasteiger partial charge in [-0.25, -0.2) is 0 Å². The van der Waals surface area contributed by atoms with Gasteiger partial charge in [0, 0.05) is 12.5 Å². The van der Waals surface area contributed by atoms with Crippen LogP contribution >= 0.6 is 0 Å². The first kappa shape index (κ1) is 17.5. The van der Waals surface area contributed by atoms with Crippen LogP contribution in [0.2, 0.25) is 0 Å². The smallest absolute Gasteiger partial charge is 0.218 e. The Kier molecular flexibility index (Phi) is 6.60. The zero-order chi connectivity index (χ0) is 16.7. The Morgan fingerprint density at radius 3 is 2.35 bits per heavy atom. The van der Waals surface area contributed by atoms with E-state index in [1.54, 1.807) is 0 Å². The van der Waals surface area contributed by atoms with Gasteiger partial charge in [0.1, 0.15) is 0 Å². The number of aryl methyl sites for hydroxylation is 1. The third-order valence-electron chi connectivity index (χ3n) is 4.27. The van der Waals surface area contributed by atoms with Gasteiger partial charge in [0.2, 0.25) is 5.91 Å². The number of primary amides is 1. The van der Waals surface area contributed by atoms with Gasteiger partial charge in [-0.1, -0.05) is 56.7 Å². The highest BCUT2D eigenvalue weighted by Gasteiger charge is 2.12. The van der Waals surface area contributed by atoms with Gasteiger partial charge in [0.05, 0.1) is 0 Å². The summed E-state index contributed by atoms with van der Waals surface area (Å²) in [6.45, 7) is 5.27. The number of fused-ring (bicyclic) bond motifs is 1. The van der Waals surface area contributed by atoms with Gasteiger partial charge in [-0.15, -0.1) is 0 Å². The minimum atomic E-state index is -0.243. The van der Waals surface area contributed by atoms with Crippen LogP contribution < -0.4 is 11.1 Å². The van der Waals surface area contributed by atoms with Crippen LogP contribution in [-0.4, -0.2) is 18.5 Å². The lowest BCUT2D eigenvalue weighted by molar-refractivity contribution is -0.118. The minimum absolute atomic E-state index is 0.117. The maximum absolute atomic E-state index is 11.3. The van der Waals surface area contributed by atoms with Gasteiger partial charge in [-0.05, 0) is 47.7 Å². The molecule has 1 atom stereocenters. The van der Waals surface area contributed by atoms with Crippen molar-refractivity contribution in [3.8, 4) is 0 Å². The maximum Gasteiger partial charge on any atom is 0.218 e. The van der Waals surface area contributed by atoms with Crippen LogP contribution in [0, 0.1) is 0 Å². The number of benzene rings is 2. The molecule has 0 aliphatic heterocycles. The first-order valence-corrected chi connectivity index (χ1v) is 8.65. The summed E-state index contributed by atoms with van der Waals surface area (Å²) >= 11 is 0. The maximum atomic E-state index is 11.3.